The minimum atomic E-state index is 0.727. The monoisotopic (exact) mass is 331 g/mol. The van der Waals surface area contributed by atoms with Gasteiger partial charge in [-0.3, -0.25) is 0 Å². The van der Waals surface area contributed by atoms with Crippen molar-refractivity contribution in [1.29, 1.82) is 0 Å². The van der Waals surface area contributed by atoms with Crippen LogP contribution >= 0.6 is 34.7 Å². The van der Waals surface area contributed by atoms with Crippen LogP contribution in [0.15, 0.2) is 53.1 Å². The Morgan fingerprint density at radius 3 is 3.05 bits per heavy atom. The Morgan fingerprint density at radius 2 is 2.14 bits per heavy atom. The third kappa shape index (κ3) is 2.64. The Balaban J connectivity index is 1.57. The summed E-state index contributed by atoms with van der Waals surface area (Å²) in [6.45, 7) is 0. The number of nitrogens with zero attached hydrogens (tertiary/aromatic N) is 3. The SMILES string of the molecule is Clc1ccc2sc(SCc3cn4ccccc4n3)nc2c1. The molecule has 0 unspecified atom stereocenters. The fourth-order valence-corrected chi connectivity index (χ4v) is 4.23. The summed E-state index contributed by atoms with van der Waals surface area (Å²) < 4.78 is 4.25. The minimum Gasteiger partial charge on any atom is -0.307 e. The van der Waals surface area contributed by atoms with E-state index in [2.05, 4.69) is 16.2 Å². The summed E-state index contributed by atoms with van der Waals surface area (Å²) in [4.78, 5) is 9.20. The van der Waals surface area contributed by atoms with Crippen LogP contribution in [0.2, 0.25) is 5.02 Å². The largest absolute Gasteiger partial charge is 0.307 e. The van der Waals surface area contributed by atoms with Crippen molar-refractivity contribution in [2.75, 3.05) is 0 Å². The molecule has 6 heteroatoms. The first-order valence-corrected chi connectivity index (χ1v) is 8.57. The van der Waals surface area contributed by atoms with Crippen molar-refractivity contribution in [1.82, 2.24) is 14.4 Å². The van der Waals surface area contributed by atoms with Crippen LogP contribution in [-0.2, 0) is 5.75 Å². The first kappa shape index (κ1) is 13.1. The number of imidazole rings is 1. The molecule has 0 amide bonds. The van der Waals surface area contributed by atoms with Crippen molar-refractivity contribution in [2.45, 2.75) is 10.1 Å². The summed E-state index contributed by atoms with van der Waals surface area (Å²) in [5.41, 5.74) is 3.00. The zero-order valence-electron chi connectivity index (χ0n) is 10.9. The normalized spacial score (nSPS) is 11.5. The van der Waals surface area contributed by atoms with Crippen LogP contribution in [0, 0.1) is 0 Å². The third-order valence-corrected chi connectivity index (χ3v) is 5.54. The van der Waals surface area contributed by atoms with Gasteiger partial charge in [-0.1, -0.05) is 29.4 Å². The van der Waals surface area contributed by atoms with Gasteiger partial charge in [-0.2, -0.15) is 0 Å². The Kier molecular flexibility index (Phi) is 3.33. The molecule has 0 aliphatic heterocycles. The maximum absolute atomic E-state index is 5.99. The van der Waals surface area contributed by atoms with E-state index in [1.165, 1.54) is 0 Å². The highest BCUT2D eigenvalue weighted by atomic mass is 35.5. The second kappa shape index (κ2) is 5.33. The van der Waals surface area contributed by atoms with E-state index in [9.17, 15) is 0 Å². The van der Waals surface area contributed by atoms with Gasteiger partial charge < -0.3 is 4.40 Å². The van der Waals surface area contributed by atoms with Gasteiger partial charge in [0, 0.05) is 23.2 Å². The van der Waals surface area contributed by atoms with E-state index in [4.69, 9.17) is 11.6 Å². The molecule has 0 radical (unpaired) electrons. The highest BCUT2D eigenvalue weighted by Gasteiger charge is 2.07. The average Bonchev–Trinajstić information content (AvgIpc) is 3.07. The van der Waals surface area contributed by atoms with Crippen LogP contribution in [0.4, 0.5) is 0 Å². The molecule has 3 aromatic heterocycles. The molecule has 0 saturated heterocycles. The summed E-state index contributed by atoms with van der Waals surface area (Å²) in [5.74, 6) is 0.815. The summed E-state index contributed by atoms with van der Waals surface area (Å²) in [6.07, 6.45) is 4.07. The standard InChI is InChI=1S/C15H10ClN3S2/c16-10-4-5-13-12(7-10)18-15(21-13)20-9-11-8-19-6-2-1-3-14(19)17-11/h1-8H,9H2. The molecule has 0 aliphatic rings. The molecule has 0 saturated carbocycles. The number of fused-ring (bicyclic) bond motifs is 2. The van der Waals surface area contributed by atoms with Crippen molar-refractivity contribution in [2.24, 2.45) is 0 Å². The first-order chi connectivity index (χ1) is 10.3. The fraction of sp³-hybridized carbons (Fsp3) is 0.0667. The number of hydrogen-bond donors (Lipinski definition) is 0. The molecule has 0 atom stereocenters. The van der Waals surface area contributed by atoms with E-state index >= 15 is 0 Å². The van der Waals surface area contributed by atoms with E-state index in [0.717, 1.165) is 36.7 Å². The van der Waals surface area contributed by atoms with E-state index in [-0.39, 0.29) is 0 Å². The predicted octanol–water partition coefficient (Wildman–Crippen LogP) is 4.89. The number of aromatic nitrogens is 3. The maximum atomic E-state index is 5.99. The minimum absolute atomic E-state index is 0.727. The second-order valence-electron chi connectivity index (χ2n) is 4.58. The summed E-state index contributed by atoms with van der Waals surface area (Å²) in [5, 5.41) is 0.727. The molecule has 0 fully saturated rings. The number of thioether (sulfide) groups is 1. The van der Waals surface area contributed by atoms with Gasteiger partial charge >= 0.3 is 0 Å². The molecular weight excluding hydrogens is 322 g/mol. The number of hydrogen-bond acceptors (Lipinski definition) is 4. The van der Waals surface area contributed by atoms with Crippen molar-refractivity contribution in [3.63, 3.8) is 0 Å². The molecule has 4 rings (SSSR count). The van der Waals surface area contributed by atoms with Crippen LogP contribution < -0.4 is 0 Å². The average molecular weight is 332 g/mol. The Labute approximate surface area is 134 Å². The molecule has 4 aromatic rings. The molecule has 3 heterocycles. The molecular formula is C15H10ClN3S2. The molecule has 0 bridgehead atoms. The lowest BCUT2D eigenvalue weighted by molar-refractivity contribution is 1.18. The fourth-order valence-electron chi connectivity index (χ4n) is 2.13. The molecule has 3 nitrogen and oxygen atoms in total. The highest BCUT2D eigenvalue weighted by molar-refractivity contribution is 8.00. The Morgan fingerprint density at radius 1 is 1.19 bits per heavy atom. The van der Waals surface area contributed by atoms with Crippen molar-refractivity contribution < 1.29 is 0 Å². The predicted molar refractivity (Wildman–Crippen MR) is 89.4 cm³/mol. The number of rotatable bonds is 3. The Bertz CT molecular complexity index is 896. The molecule has 0 aliphatic carbocycles. The number of halogens is 1. The lowest BCUT2D eigenvalue weighted by atomic mass is 10.3. The summed E-state index contributed by atoms with van der Waals surface area (Å²) in [7, 11) is 0. The van der Waals surface area contributed by atoms with Gasteiger partial charge in [-0.15, -0.1) is 11.3 Å². The van der Waals surface area contributed by atoms with Crippen LogP contribution in [0.5, 0.6) is 0 Å². The van der Waals surface area contributed by atoms with Crippen LogP contribution in [0.3, 0.4) is 0 Å². The van der Waals surface area contributed by atoms with Gasteiger partial charge in [0.1, 0.15) is 5.65 Å². The third-order valence-electron chi connectivity index (χ3n) is 3.09. The van der Waals surface area contributed by atoms with Crippen LogP contribution in [0.1, 0.15) is 5.69 Å². The van der Waals surface area contributed by atoms with E-state index in [0.29, 0.717) is 0 Å². The number of pyridine rings is 1. The van der Waals surface area contributed by atoms with E-state index in [1.807, 2.05) is 47.0 Å². The summed E-state index contributed by atoms with van der Waals surface area (Å²) in [6, 6.07) is 11.8. The highest BCUT2D eigenvalue weighted by Crippen LogP contribution is 2.32. The maximum Gasteiger partial charge on any atom is 0.151 e. The zero-order chi connectivity index (χ0) is 14.2. The van der Waals surface area contributed by atoms with Crippen molar-refractivity contribution in [3.05, 3.63) is 59.5 Å². The van der Waals surface area contributed by atoms with Gasteiger partial charge in [0.15, 0.2) is 4.34 Å². The number of benzene rings is 1. The van der Waals surface area contributed by atoms with Gasteiger partial charge in [-0.05, 0) is 30.3 Å². The molecule has 1 aromatic carbocycles. The Hall–Kier alpha value is -1.56. The quantitative estimate of drug-likeness (QED) is 0.501. The lowest BCUT2D eigenvalue weighted by Crippen LogP contribution is -1.78. The van der Waals surface area contributed by atoms with Crippen molar-refractivity contribution >= 4 is 50.6 Å². The van der Waals surface area contributed by atoms with E-state index < -0.39 is 0 Å². The second-order valence-corrected chi connectivity index (χ2v) is 7.27. The van der Waals surface area contributed by atoms with Crippen molar-refractivity contribution in [3.8, 4) is 0 Å². The molecule has 0 N–H and O–H groups in total. The van der Waals surface area contributed by atoms with Gasteiger partial charge in [-0.25, -0.2) is 9.97 Å². The number of thiazole rings is 1. The molecule has 21 heavy (non-hydrogen) atoms. The van der Waals surface area contributed by atoms with Crippen LogP contribution in [-0.4, -0.2) is 14.4 Å². The smallest absolute Gasteiger partial charge is 0.151 e. The molecule has 0 spiro atoms. The topological polar surface area (TPSA) is 30.2 Å². The van der Waals surface area contributed by atoms with Gasteiger partial charge in [0.05, 0.1) is 15.9 Å². The molecule has 104 valence electrons. The van der Waals surface area contributed by atoms with Gasteiger partial charge in [0.25, 0.3) is 0 Å². The first-order valence-electron chi connectivity index (χ1n) is 6.39. The van der Waals surface area contributed by atoms with Gasteiger partial charge in [0.2, 0.25) is 0 Å². The zero-order valence-corrected chi connectivity index (χ0v) is 13.3. The lowest BCUT2D eigenvalue weighted by Gasteiger charge is -1.91. The van der Waals surface area contributed by atoms with Crippen LogP contribution in [0.25, 0.3) is 15.9 Å². The van der Waals surface area contributed by atoms with E-state index in [1.54, 1.807) is 23.1 Å². The summed E-state index contributed by atoms with van der Waals surface area (Å²) >= 11 is 9.39.